The van der Waals surface area contributed by atoms with Gasteiger partial charge in [-0.1, -0.05) is 19.8 Å². The molecule has 1 saturated carbocycles. The molecule has 1 atom stereocenters. The molecule has 3 fully saturated rings. The van der Waals surface area contributed by atoms with Gasteiger partial charge in [0, 0.05) is 38.2 Å². The van der Waals surface area contributed by atoms with Gasteiger partial charge in [-0.15, -0.1) is 24.0 Å². The van der Waals surface area contributed by atoms with Crippen molar-refractivity contribution in [3.8, 4) is 0 Å². The van der Waals surface area contributed by atoms with Crippen LogP contribution in [0.25, 0.3) is 0 Å². The third kappa shape index (κ3) is 4.08. The summed E-state index contributed by atoms with van der Waals surface area (Å²) in [5.74, 6) is 1.13. The van der Waals surface area contributed by atoms with Gasteiger partial charge in [0.15, 0.2) is 5.96 Å². The largest absolute Gasteiger partial charge is 0.381 e. The molecule has 2 heterocycles. The molecule has 1 aliphatic carbocycles. The molecule has 2 aliphatic heterocycles. The molecular formula is C17H32IN3O. The van der Waals surface area contributed by atoms with E-state index in [1.807, 2.05) is 0 Å². The van der Waals surface area contributed by atoms with Crippen LogP contribution in [0.15, 0.2) is 4.99 Å². The van der Waals surface area contributed by atoms with Crippen molar-refractivity contribution >= 4 is 29.9 Å². The van der Waals surface area contributed by atoms with Gasteiger partial charge in [0.2, 0.25) is 0 Å². The number of hydrogen-bond donors (Lipinski definition) is 1. The van der Waals surface area contributed by atoms with Crippen LogP contribution in [0.1, 0.15) is 52.4 Å². The summed E-state index contributed by atoms with van der Waals surface area (Å²) in [6.07, 6.45) is 7.93. The first-order valence-corrected chi connectivity index (χ1v) is 8.76. The zero-order chi connectivity index (χ0) is 14.8. The molecule has 0 radical (unpaired) electrons. The van der Waals surface area contributed by atoms with E-state index in [0.717, 1.165) is 45.4 Å². The zero-order valence-electron chi connectivity index (χ0n) is 14.2. The lowest BCUT2D eigenvalue weighted by Gasteiger charge is -2.27. The van der Waals surface area contributed by atoms with Gasteiger partial charge in [-0.05, 0) is 38.0 Å². The van der Waals surface area contributed by atoms with Crippen molar-refractivity contribution in [2.24, 2.45) is 15.8 Å². The highest BCUT2D eigenvalue weighted by molar-refractivity contribution is 14.0. The number of nitrogens with zero attached hydrogens (tertiary/aromatic N) is 2. The van der Waals surface area contributed by atoms with Gasteiger partial charge >= 0.3 is 0 Å². The fourth-order valence-electron chi connectivity index (χ4n) is 4.17. The predicted molar refractivity (Wildman–Crippen MR) is 102 cm³/mol. The quantitative estimate of drug-likeness (QED) is 0.432. The Morgan fingerprint density at radius 1 is 1.23 bits per heavy atom. The molecular weight excluding hydrogens is 389 g/mol. The molecule has 128 valence electrons. The number of halogens is 1. The van der Waals surface area contributed by atoms with Gasteiger partial charge in [-0.2, -0.15) is 0 Å². The van der Waals surface area contributed by atoms with E-state index in [-0.39, 0.29) is 24.0 Å². The molecule has 0 aromatic heterocycles. The molecule has 5 heteroatoms. The van der Waals surface area contributed by atoms with Crippen LogP contribution in [0.5, 0.6) is 0 Å². The van der Waals surface area contributed by atoms with E-state index in [1.54, 1.807) is 0 Å². The van der Waals surface area contributed by atoms with Gasteiger partial charge in [0.1, 0.15) is 0 Å². The summed E-state index contributed by atoms with van der Waals surface area (Å²) in [5, 5.41) is 3.51. The Morgan fingerprint density at radius 2 is 2.00 bits per heavy atom. The summed E-state index contributed by atoms with van der Waals surface area (Å²) in [5.41, 5.74) is 0.849. The summed E-state index contributed by atoms with van der Waals surface area (Å²) < 4.78 is 5.64. The van der Waals surface area contributed by atoms with E-state index < -0.39 is 0 Å². The van der Waals surface area contributed by atoms with E-state index in [9.17, 15) is 0 Å². The standard InChI is InChI=1S/C17H31N3O.HI/c1-3-18-15(19-12-16(2)6-4-5-7-16)20-10-8-17(13-20)9-11-21-14-17;/h3-14H2,1-2H3,(H,18,19);1H. The highest BCUT2D eigenvalue weighted by Gasteiger charge is 2.42. The van der Waals surface area contributed by atoms with Crippen LogP contribution in [0.3, 0.4) is 0 Å². The predicted octanol–water partition coefficient (Wildman–Crippen LogP) is 3.26. The maximum absolute atomic E-state index is 5.64. The second-order valence-corrected chi connectivity index (χ2v) is 7.66. The second-order valence-electron chi connectivity index (χ2n) is 7.66. The maximum atomic E-state index is 5.64. The Morgan fingerprint density at radius 3 is 2.64 bits per heavy atom. The Balaban J connectivity index is 0.00000176. The van der Waals surface area contributed by atoms with Crippen LogP contribution >= 0.6 is 24.0 Å². The topological polar surface area (TPSA) is 36.9 Å². The zero-order valence-corrected chi connectivity index (χ0v) is 16.5. The SMILES string of the molecule is CCNC(=NCC1(C)CCCC1)N1CCC2(CCOC2)C1.I. The highest BCUT2D eigenvalue weighted by atomic mass is 127. The van der Waals surface area contributed by atoms with Crippen LogP contribution in [-0.2, 0) is 4.74 Å². The molecule has 22 heavy (non-hydrogen) atoms. The monoisotopic (exact) mass is 421 g/mol. The molecule has 1 N–H and O–H groups in total. The summed E-state index contributed by atoms with van der Waals surface area (Å²) in [7, 11) is 0. The average Bonchev–Trinajstić information content (AvgIpc) is 3.19. The molecule has 0 aromatic rings. The van der Waals surface area contributed by atoms with Crippen molar-refractivity contribution in [2.75, 3.05) is 39.4 Å². The number of rotatable bonds is 3. The van der Waals surface area contributed by atoms with E-state index in [0.29, 0.717) is 10.8 Å². The second kappa shape index (κ2) is 7.69. The molecule has 0 bridgehead atoms. The molecule has 3 rings (SSSR count). The fourth-order valence-corrected chi connectivity index (χ4v) is 4.17. The van der Waals surface area contributed by atoms with Crippen LogP contribution < -0.4 is 5.32 Å². The molecule has 4 nitrogen and oxygen atoms in total. The Hall–Kier alpha value is -0.0400. The third-order valence-corrected chi connectivity index (χ3v) is 5.68. The molecule has 1 unspecified atom stereocenters. The first kappa shape index (κ1) is 18.3. The van der Waals surface area contributed by atoms with Gasteiger partial charge < -0.3 is 15.0 Å². The highest BCUT2D eigenvalue weighted by Crippen LogP contribution is 2.39. The minimum absolute atomic E-state index is 0. The third-order valence-electron chi connectivity index (χ3n) is 5.68. The number of guanidine groups is 1. The molecule has 3 aliphatic rings. The first-order chi connectivity index (χ1) is 10.1. The van der Waals surface area contributed by atoms with Crippen molar-refractivity contribution in [1.29, 1.82) is 0 Å². The number of hydrogen-bond acceptors (Lipinski definition) is 2. The van der Waals surface area contributed by atoms with Crippen LogP contribution in [0.2, 0.25) is 0 Å². The average molecular weight is 421 g/mol. The first-order valence-electron chi connectivity index (χ1n) is 8.76. The number of nitrogens with one attached hydrogen (secondary N) is 1. The lowest BCUT2D eigenvalue weighted by Crippen LogP contribution is -2.42. The minimum atomic E-state index is 0. The Kier molecular flexibility index (Phi) is 6.39. The number of ether oxygens (including phenoxy) is 1. The normalized spacial score (nSPS) is 30.8. The maximum Gasteiger partial charge on any atom is 0.193 e. The molecule has 0 aromatic carbocycles. The molecule has 1 spiro atoms. The van der Waals surface area contributed by atoms with Gasteiger partial charge in [0.25, 0.3) is 0 Å². The molecule has 0 amide bonds. The van der Waals surface area contributed by atoms with Crippen molar-refractivity contribution in [3.63, 3.8) is 0 Å². The minimum Gasteiger partial charge on any atom is -0.381 e. The van der Waals surface area contributed by atoms with Crippen molar-refractivity contribution in [3.05, 3.63) is 0 Å². The summed E-state index contributed by atoms with van der Waals surface area (Å²) in [6, 6.07) is 0. The van der Waals surface area contributed by atoms with Crippen LogP contribution in [-0.4, -0.2) is 50.3 Å². The van der Waals surface area contributed by atoms with Crippen molar-refractivity contribution in [2.45, 2.75) is 52.4 Å². The number of aliphatic imine (C=N–C) groups is 1. The van der Waals surface area contributed by atoms with Crippen LogP contribution in [0.4, 0.5) is 0 Å². The van der Waals surface area contributed by atoms with E-state index in [2.05, 4.69) is 24.1 Å². The van der Waals surface area contributed by atoms with E-state index in [1.165, 1.54) is 38.5 Å². The van der Waals surface area contributed by atoms with Gasteiger partial charge in [0.05, 0.1) is 6.61 Å². The van der Waals surface area contributed by atoms with Crippen molar-refractivity contribution in [1.82, 2.24) is 10.2 Å². The lowest BCUT2D eigenvalue weighted by atomic mass is 9.87. The summed E-state index contributed by atoms with van der Waals surface area (Å²) >= 11 is 0. The van der Waals surface area contributed by atoms with Crippen LogP contribution in [0, 0.1) is 10.8 Å². The summed E-state index contributed by atoms with van der Waals surface area (Å²) in [6.45, 7) is 10.6. The fraction of sp³-hybridized carbons (Fsp3) is 0.941. The lowest BCUT2D eigenvalue weighted by molar-refractivity contribution is 0.156. The van der Waals surface area contributed by atoms with Gasteiger partial charge in [-0.3, -0.25) is 4.99 Å². The Labute approximate surface area is 152 Å². The van der Waals surface area contributed by atoms with E-state index >= 15 is 0 Å². The van der Waals surface area contributed by atoms with Crippen molar-refractivity contribution < 1.29 is 4.74 Å². The number of likely N-dealkylation sites (tertiary alicyclic amines) is 1. The summed E-state index contributed by atoms with van der Waals surface area (Å²) in [4.78, 5) is 7.46. The Bertz CT molecular complexity index is 387. The van der Waals surface area contributed by atoms with E-state index in [4.69, 9.17) is 9.73 Å². The molecule has 2 saturated heterocycles. The van der Waals surface area contributed by atoms with Gasteiger partial charge in [-0.25, -0.2) is 0 Å². The smallest absolute Gasteiger partial charge is 0.193 e.